The fourth-order valence-electron chi connectivity index (χ4n) is 1.38. The minimum atomic E-state index is -1.01. The first-order valence-electron chi connectivity index (χ1n) is 3.89. The molecule has 0 unspecified atom stereocenters. The molecule has 0 fully saturated rings. The molecule has 14 heavy (non-hydrogen) atoms. The lowest BCUT2D eigenvalue weighted by atomic mass is 10.1. The first-order valence-corrected chi connectivity index (χ1v) is 4.77. The van der Waals surface area contributed by atoms with E-state index in [1.165, 1.54) is 17.4 Å². The fraction of sp³-hybridized carbons (Fsp3) is 0. The van der Waals surface area contributed by atoms with Crippen LogP contribution in [0.2, 0.25) is 0 Å². The smallest absolute Gasteiger partial charge is 0.336 e. The Morgan fingerprint density at radius 2 is 2.07 bits per heavy atom. The summed E-state index contributed by atoms with van der Waals surface area (Å²) in [6.45, 7) is 0. The van der Waals surface area contributed by atoms with Gasteiger partial charge in [0.05, 0.1) is 11.3 Å². The highest BCUT2D eigenvalue weighted by atomic mass is 32.1. The van der Waals surface area contributed by atoms with Crippen molar-refractivity contribution in [3.63, 3.8) is 0 Å². The van der Waals surface area contributed by atoms with Crippen LogP contribution >= 0.6 is 11.3 Å². The minimum absolute atomic E-state index is 0.166. The van der Waals surface area contributed by atoms with Crippen LogP contribution in [-0.2, 0) is 0 Å². The van der Waals surface area contributed by atoms with Crippen molar-refractivity contribution in [2.24, 2.45) is 0 Å². The minimum Gasteiger partial charge on any atom is -0.478 e. The number of aromatic carboxylic acids is 1. The molecular weight excluding hydrogens is 200 g/mol. The molecule has 4 nitrogen and oxygen atoms in total. The zero-order valence-electron chi connectivity index (χ0n) is 7.15. The normalized spacial score (nSPS) is 10.6. The van der Waals surface area contributed by atoms with E-state index < -0.39 is 5.97 Å². The predicted molar refractivity (Wildman–Crippen MR) is 57.6 cm³/mol. The van der Waals surface area contributed by atoms with Crippen molar-refractivity contribution < 1.29 is 9.90 Å². The summed E-state index contributed by atoms with van der Waals surface area (Å²) in [5, 5.41) is 11.2. The Bertz CT molecular complexity index is 519. The molecule has 0 atom stereocenters. The zero-order chi connectivity index (χ0) is 10.3. The van der Waals surface area contributed by atoms with Gasteiger partial charge in [0, 0.05) is 21.2 Å². The van der Waals surface area contributed by atoms with Crippen LogP contribution < -0.4 is 11.5 Å². The van der Waals surface area contributed by atoms with Gasteiger partial charge in [-0.15, -0.1) is 11.3 Å². The van der Waals surface area contributed by atoms with Gasteiger partial charge in [0.1, 0.15) is 0 Å². The molecule has 5 heteroatoms. The van der Waals surface area contributed by atoms with Gasteiger partial charge in [-0.1, -0.05) is 0 Å². The fourth-order valence-corrected chi connectivity index (χ4v) is 2.30. The van der Waals surface area contributed by atoms with Gasteiger partial charge in [0.15, 0.2) is 0 Å². The monoisotopic (exact) mass is 208 g/mol. The van der Waals surface area contributed by atoms with Crippen LogP contribution in [0.4, 0.5) is 11.4 Å². The zero-order valence-corrected chi connectivity index (χ0v) is 7.97. The van der Waals surface area contributed by atoms with Crippen molar-refractivity contribution in [1.82, 2.24) is 0 Å². The SMILES string of the molecule is Nc1cc(C(=O)O)c2c(N)csc2c1. The lowest BCUT2D eigenvalue weighted by molar-refractivity contribution is 0.0699. The summed E-state index contributed by atoms with van der Waals surface area (Å²) in [5.41, 5.74) is 12.3. The summed E-state index contributed by atoms with van der Waals surface area (Å²) in [7, 11) is 0. The largest absolute Gasteiger partial charge is 0.478 e. The summed E-state index contributed by atoms with van der Waals surface area (Å²) < 4.78 is 0.805. The van der Waals surface area contributed by atoms with Crippen LogP contribution in [0.15, 0.2) is 17.5 Å². The van der Waals surface area contributed by atoms with Crippen LogP contribution in [0.1, 0.15) is 10.4 Å². The van der Waals surface area contributed by atoms with Crippen molar-refractivity contribution in [3.05, 3.63) is 23.1 Å². The third-order valence-corrected chi connectivity index (χ3v) is 2.90. The molecule has 2 rings (SSSR count). The number of nitrogens with two attached hydrogens (primary N) is 2. The number of fused-ring (bicyclic) bond motifs is 1. The van der Waals surface area contributed by atoms with E-state index in [1.54, 1.807) is 11.4 Å². The molecule has 1 aromatic carbocycles. The lowest BCUT2D eigenvalue weighted by Crippen LogP contribution is -1.99. The van der Waals surface area contributed by atoms with E-state index in [1.807, 2.05) is 0 Å². The van der Waals surface area contributed by atoms with Gasteiger partial charge < -0.3 is 16.6 Å². The summed E-state index contributed by atoms with van der Waals surface area (Å²) in [5.74, 6) is -1.01. The number of rotatable bonds is 1. The van der Waals surface area contributed by atoms with Crippen LogP contribution in [0.25, 0.3) is 10.1 Å². The van der Waals surface area contributed by atoms with E-state index in [0.29, 0.717) is 16.8 Å². The standard InChI is InChI=1S/C9H8N2O2S/c10-4-1-5(9(12)13)8-6(11)3-14-7(8)2-4/h1-3H,10-11H2,(H,12,13). The van der Waals surface area contributed by atoms with E-state index >= 15 is 0 Å². The first-order chi connectivity index (χ1) is 6.59. The first kappa shape index (κ1) is 8.83. The molecule has 0 aliphatic rings. The maximum atomic E-state index is 10.9. The highest BCUT2D eigenvalue weighted by molar-refractivity contribution is 7.17. The van der Waals surface area contributed by atoms with Crippen molar-refractivity contribution in [2.45, 2.75) is 0 Å². The maximum absolute atomic E-state index is 10.9. The number of benzene rings is 1. The third kappa shape index (κ3) is 1.18. The molecule has 0 radical (unpaired) electrons. The molecule has 5 N–H and O–H groups in total. The van der Waals surface area contributed by atoms with Crippen LogP contribution in [0, 0.1) is 0 Å². The molecule has 0 bridgehead atoms. The van der Waals surface area contributed by atoms with Crippen molar-refractivity contribution in [3.8, 4) is 0 Å². The molecule has 2 aromatic rings. The van der Waals surface area contributed by atoms with Crippen molar-refractivity contribution >= 4 is 38.8 Å². The Morgan fingerprint density at radius 1 is 1.36 bits per heavy atom. The van der Waals surface area contributed by atoms with E-state index in [9.17, 15) is 4.79 Å². The van der Waals surface area contributed by atoms with Crippen LogP contribution in [0.5, 0.6) is 0 Å². The number of carboxylic acid groups (broad SMARTS) is 1. The summed E-state index contributed by atoms with van der Waals surface area (Å²) in [4.78, 5) is 10.9. The van der Waals surface area contributed by atoms with Gasteiger partial charge in [0.25, 0.3) is 0 Å². The van der Waals surface area contributed by atoms with E-state index in [0.717, 1.165) is 4.70 Å². The van der Waals surface area contributed by atoms with Gasteiger partial charge in [-0.25, -0.2) is 4.79 Å². The molecule has 0 amide bonds. The van der Waals surface area contributed by atoms with E-state index in [-0.39, 0.29) is 5.56 Å². The number of hydrogen-bond donors (Lipinski definition) is 3. The molecule has 0 saturated heterocycles. The number of nitrogen functional groups attached to an aromatic ring is 2. The molecule has 0 saturated carbocycles. The van der Waals surface area contributed by atoms with Crippen molar-refractivity contribution in [1.29, 1.82) is 0 Å². The van der Waals surface area contributed by atoms with E-state index in [4.69, 9.17) is 16.6 Å². The second-order valence-corrected chi connectivity index (χ2v) is 3.85. The molecule has 72 valence electrons. The Balaban J connectivity index is 2.90. The number of hydrogen-bond acceptors (Lipinski definition) is 4. The van der Waals surface area contributed by atoms with E-state index in [2.05, 4.69) is 0 Å². The Hall–Kier alpha value is -1.75. The number of carboxylic acids is 1. The number of thiophene rings is 1. The highest BCUT2D eigenvalue weighted by Crippen LogP contribution is 2.32. The van der Waals surface area contributed by atoms with Gasteiger partial charge in [-0.05, 0) is 12.1 Å². The second-order valence-electron chi connectivity index (χ2n) is 2.94. The number of carbonyl (C=O) groups is 1. The molecule has 0 spiro atoms. The second kappa shape index (κ2) is 2.88. The average Bonchev–Trinajstić information content (AvgIpc) is 2.46. The third-order valence-electron chi connectivity index (χ3n) is 1.96. The van der Waals surface area contributed by atoms with Crippen LogP contribution in [-0.4, -0.2) is 11.1 Å². The summed E-state index contributed by atoms with van der Waals surface area (Å²) in [6, 6.07) is 3.15. The highest BCUT2D eigenvalue weighted by Gasteiger charge is 2.13. The average molecular weight is 208 g/mol. The van der Waals surface area contributed by atoms with Gasteiger partial charge in [-0.2, -0.15) is 0 Å². The Labute approximate surface area is 83.8 Å². The molecule has 1 heterocycles. The van der Waals surface area contributed by atoms with Gasteiger partial charge in [-0.3, -0.25) is 0 Å². The van der Waals surface area contributed by atoms with Gasteiger partial charge in [0.2, 0.25) is 0 Å². The Morgan fingerprint density at radius 3 is 2.71 bits per heavy atom. The molecular formula is C9H8N2O2S. The topological polar surface area (TPSA) is 89.3 Å². The van der Waals surface area contributed by atoms with Crippen LogP contribution in [0.3, 0.4) is 0 Å². The summed E-state index contributed by atoms with van der Waals surface area (Å²) in [6.07, 6.45) is 0. The van der Waals surface area contributed by atoms with Gasteiger partial charge >= 0.3 is 5.97 Å². The Kier molecular flexibility index (Phi) is 1.82. The maximum Gasteiger partial charge on any atom is 0.336 e. The molecule has 0 aliphatic carbocycles. The molecule has 0 aliphatic heterocycles. The summed E-state index contributed by atoms with van der Waals surface area (Å²) >= 11 is 1.39. The predicted octanol–water partition coefficient (Wildman–Crippen LogP) is 1.76. The molecule has 1 aromatic heterocycles. The lowest BCUT2D eigenvalue weighted by Gasteiger charge is -2.00. The quantitative estimate of drug-likeness (QED) is 0.623. The van der Waals surface area contributed by atoms with Crippen molar-refractivity contribution in [2.75, 3.05) is 11.5 Å². The number of anilines is 2.